The summed E-state index contributed by atoms with van der Waals surface area (Å²) in [5.74, 6) is 0.261. The molecule has 1 N–H and O–H groups in total. The Labute approximate surface area is 152 Å². The molecule has 3 aromatic rings. The van der Waals surface area contributed by atoms with Crippen molar-refractivity contribution in [1.29, 1.82) is 0 Å². The number of rotatable bonds is 5. The van der Waals surface area contributed by atoms with Gasteiger partial charge < -0.3 is 10.1 Å². The molecule has 0 fully saturated rings. The number of para-hydroxylation sites is 1. The van der Waals surface area contributed by atoms with Gasteiger partial charge in [0.05, 0.1) is 16.9 Å². The SMILES string of the molecule is C[C@H](NC(=O)COc1ncnc2ccccc12)c1ccc2c(c1)CCC2. The van der Waals surface area contributed by atoms with Crippen LogP contribution in [0.15, 0.2) is 48.8 Å². The number of hydrogen-bond acceptors (Lipinski definition) is 4. The molecule has 1 aliphatic rings. The van der Waals surface area contributed by atoms with E-state index in [1.54, 1.807) is 0 Å². The number of benzene rings is 2. The molecule has 1 heterocycles. The van der Waals surface area contributed by atoms with E-state index in [9.17, 15) is 4.79 Å². The molecule has 1 aromatic heterocycles. The van der Waals surface area contributed by atoms with Crippen LogP contribution in [0.1, 0.15) is 36.1 Å². The van der Waals surface area contributed by atoms with Crippen LogP contribution in [0.4, 0.5) is 0 Å². The zero-order valence-corrected chi connectivity index (χ0v) is 14.7. The molecule has 0 bridgehead atoms. The summed E-state index contributed by atoms with van der Waals surface area (Å²) in [7, 11) is 0. The van der Waals surface area contributed by atoms with Crippen LogP contribution in [0.3, 0.4) is 0 Å². The van der Waals surface area contributed by atoms with Crippen LogP contribution in [0, 0.1) is 0 Å². The standard InChI is InChI=1S/C21H21N3O2/c1-14(16-10-9-15-5-4-6-17(15)11-16)24-20(25)12-26-21-18-7-2-3-8-19(18)22-13-23-21/h2-3,7-11,13-14H,4-6,12H2,1H3,(H,24,25)/t14-/m0/s1. The molecule has 0 spiro atoms. The van der Waals surface area contributed by atoms with Crippen LogP contribution in [-0.4, -0.2) is 22.5 Å². The number of fused-ring (bicyclic) bond motifs is 2. The number of hydrogen-bond donors (Lipinski definition) is 1. The predicted molar refractivity (Wildman–Crippen MR) is 100 cm³/mol. The van der Waals surface area contributed by atoms with E-state index in [0.717, 1.165) is 29.3 Å². The number of ether oxygens (including phenoxy) is 1. The van der Waals surface area contributed by atoms with Gasteiger partial charge in [-0.3, -0.25) is 4.79 Å². The summed E-state index contributed by atoms with van der Waals surface area (Å²) < 4.78 is 5.63. The highest BCUT2D eigenvalue weighted by Gasteiger charge is 2.15. The third-order valence-electron chi connectivity index (χ3n) is 4.85. The Kier molecular flexibility index (Phi) is 4.52. The minimum Gasteiger partial charge on any atom is -0.467 e. The van der Waals surface area contributed by atoms with Gasteiger partial charge >= 0.3 is 0 Å². The minimum absolute atomic E-state index is 0.0563. The topological polar surface area (TPSA) is 64.1 Å². The molecule has 0 unspecified atom stereocenters. The van der Waals surface area contributed by atoms with Crippen molar-refractivity contribution >= 4 is 16.8 Å². The summed E-state index contributed by atoms with van der Waals surface area (Å²) in [5, 5.41) is 3.80. The lowest BCUT2D eigenvalue weighted by atomic mass is 10.0. The largest absolute Gasteiger partial charge is 0.467 e. The van der Waals surface area contributed by atoms with Crippen LogP contribution >= 0.6 is 0 Å². The number of carbonyl (C=O) groups is 1. The van der Waals surface area contributed by atoms with Gasteiger partial charge in [0, 0.05) is 0 Å². The molecule has 4 rings (SSSR count). The number of aromatic nitrogens is 2. The number of nitrogens with one attached hydrogen (secondary N) is 1. The highest BCUT2D eigenvalue weighted by molar-refractivity contribution is 5.84. The van der Waals surface area contributed by atoms with E-state index >= 15 is 0 Å². The van der Waals surface area contributed by atoms with Gasteiger partial charge in [0.1, 0.15) is 6.33 Å². The van der Waals surface area contributed by atoms with E-state index in [0.29, 0.717) is 5.88 Å². The molecule has 0 saturated carbocycles. The average molecular weight is 347 g/mol. The molecule has 1 aliphatic carbocycles. The van der Waals surface area contributed by atoms with Gasteiger partial charge in [-0.1, -0.05) is 30.3 Å². The predicted octanol–water partition coefficient (Wildman–Crippen LogP) is 3.37. The number of amides is 1. The van der Waals surface area contributed by atoms with Crippen molar-refractivity contribution in [3.8, 4) is 5.88 Å². The quantitative estimate of drug-likeness (QED) is 0.768. The normalized spacial score (nSPS) is 14.0. The maximum absolute atomic E-state index is 12.3. The van der Waals surface area contributed by atoms with Crippen molar-refractivity contribution in [2.45, 2.75) is 32.2 Å². The molecular weight excluding hydrogens is 326 g/mol. The number of carbonyl (C=O) groups excluding carboxylic acids is 1. The number of nitrogens with zero attached hydrogens (tertiary/aromatic N) is 2. The van der Waals surface area contributed by atoms with Gasteiger partial charge in [-0.15, -0.1) is 0 Å². The minimum atomic E-state index is -0.166. The Morgan fingerprint density at radius 1 is 1.15 bits per heavy atom. The zero-order chi connectivity index (χ0) is 17.9. The van der Waals surface area contributed by atoms with Crippen LogP contribution in [0.2, 0.25) is 0 Å². The van der Waals surface area contributed by atoms with Gasteiger partial charge in [0.25, 0.3) is 5.91 Å². The maximum atomic E-state index is 12.3. The lowest BCUT2D eigenvalue weighted by Gasteiger charge is -2.16. The summed E-state index contributed by atoms with van der Waals surface area (Å²) in [6, 6.07) is 14.0. The van der Waals surface area contributed by atoms with Crippen LogP contribution < -0.4 is 10.1 Å². The first-order valence-electron chi connectivity index (χ1n) is 8.94. The van der Waals surface area contributed by atoms with E-state index in [1.807, 2.05) is 31.2 Å². The van der Waals surface area contributed by atoms with Crippen molar-refractivity contribution in [1.82, 2.24) is 15.3 Å². The molecule has 0 radical (unpaired) electrons. The van der Waals surface area contributed by atoms with Gasteiger partial charge in [0.2, 0.25) is 5.88 Å². The molecule has 0 saturated heterocycles. The third kappa shape index (κ3) is 3.38. The first kappa shape index (κ1) is 16.5. The summed E-state index contributed by atoms with van der Waals surface area (Å²) in [5.41, 5.74) is 4.77. The molecule has 26 heavy (non-hydrogen) atoms. The molecule has 0 aliphatic heterocycles. The second-order valence-corrected chi connectivity index (χ2v) is 6.66. The molecule has 5 heteroatoms. The highest BCUT2D eigenvalue weighted by atomic mass is 16.5. The Morgan fingerprint density at radius 3 is 2.92 bits per heavy atom. The van der Waals surface area contributed by atoms with Gasteiger partial charge in [-0.25, -0.2) is 9.97 Å². The van der Waals surface area contributed by atoms with Gasteiger partial charge in [-0.05, 0) is 55.0 Å². The number of aryl methyl sites for hydroxylation is 2. The van der Waals surface area contributed by atoms with Crippen molar-refractivity contribution in [3.05, 3.63) is 65.5 Å². The molecule has 1 amide bonds. The van der Waals surface area contributed by atoms with Crippen LogP contribution in [0.25, 0.3) is 10.9 Å². The summed E-state index contributed by atoms with van der Waals surface area (Å²) in [4.78, 5) is 20.6. The Bertz CT molecular complexity index is 950. The molecular formula is C21H21N3O2. The Morgan fingerprint density at radius 2 is 2.00 bits per heavy atom. The van der Waals surface area contributed by atoms with Crippen LogP contribution in [0.5, 0.6) is 5.88 Å². The Balaban J connectivity index is 1.39. The smallest absolute Gasteiger partial charge is 0.258 e. The molecule has 132 valence electrons. The first-order valence-corrected chi connectivity index (χ1v) is 8.94. The van der Waals surface area contributed by atoms with E-state index in [4.69, 9.17) is 4.74 Å². The fourth-order valence-corrected chi connectivity index (χ4v) is 3.46. The first-order chi connectivity index (χ1) is 12.7. The second-order valence-electron chi connectivity index (χ2n) is 6.66. The zero-order valence-electron chi connectivity index (χ0n) is 14.7. The van der Waals surface area contributed by atoms with Gasteiger partial charge in [0.15, 0.2) is 6.61 Å². The van der Waals surface area contributed by atoms with Gasteiger partial charge in [-0.2, -0.15) is 0 Å². The highest BCUT2D eigenvalue weighted by Crippen LogP contribution is 2.25. The second kappa shape index (κ2) is 7.12. The van der Waals surface area contributed by atoms with E-state index in [1.165, 1.54) is 23.9 Å². The lowest BCUT2D eigenvalue weighted by Crippen LogP contribution is -2.31. The fraction of sp³-hybridized carbons (Fsp3) is 0.286. The van der Waals surface area contributed by atoms with Crippen LogP contribution in [-0.2, 0) is 17.6 Å². The lowest BCUT2D eigenvalue weighted by molar-refractivity contribution is -0.123. The van der Waals surface area contributed by atoms with E-state index in [-0.39, 0.29) is 18.6 Å². The van der Waals surface area contributed by atoms with Crippen molar-refractivity contribution < 1.29 is 9.53 Å². The Hall–Kier alpha value is -2.95. The molecule has 2 aromatic carbocycles. The van der Waals surface area contributed by atoms with Crippen molar-refractivity contribution in [2.75, 3.05) is 6.61 Å². The molecule has 5 nitrogen and oxygen atoms in total. The molecule has 1 atom stereocenters. The van der Waals surface area contributed by atoms with E-state index in [2.05, 4.69) is 33.5 Å². The average Bonchev–Trinajstić information content (AvgIpc) is 3.14. The van der Waals surface area contributed by atoms with Crippen molar-refractivity contribution in [3.63, 3.8) is 0 Å². The third-order valence-corrected chi connectivity index (χ3v) is 4.85. The summed E-state index contributed by atoms with van der Waals surface area (Å²) >= 11 is 0. The maximum Gasteiger partial charge on any atom is 0.258 e. The van der Waals surface area contributed by atoms with E-state index < -0.39 is 0 Å². The van der Waals surface area contributed by atoms with Crippen molar-refractivity contribution in [2.24, 2.45) is 0 Å². The fourth-order valence-electron chi connectivity index (χ4n) is 3.46. The monoisotopic (exact) mass is 347 g/mol. The summed E-state index contributed by atoms with van der Waals surface area (Å²) in [6.07, 6.45) is 4.97. The summed E-state index contributed by atoms with van der Waals surface area (Å²) in [6.45, 7) is 1.92.